The first kappa shape index (κ1) is 13.1. The van der Waals surface area contributed by atoms with Crippen LogP contribution in [0.4, 0.5) is 4.79 Å². The zero-order valence-corrected chi connectivity index (χ0v) is 10.8. The Kier molecular flexibility index (Phi) is 3.47. The molecule has 2 aliphatic rings. The van der Waals surface area contributed by atoms with Gasteiger partial charge in [0, 0.05) is 20.2 Å². The Balaban J connectivity index is 1.83. The summed E-state index contributed by atoms with van der Waals surface area (Å²) >= 11 is 0. The van der Waals surface area contributed by atoms with Crippen molar-refractivity contribution in [3.05, 3.63) is 0 Å². The van der Waals surface area contributed by atoms with Crippen LogP contribution in [-0.2, 0) is 9.53 Å². The lowest BCUT2D eigenvalue weighted by Crippen LogP contribution is -2.48. The average Bonchev–Trinajstić information content (AvgIpc) is 3.02. The molecule has 2 N–H and O–H groups in total. The van der Waals surface area contributed by atoms with Gasteiger partial charge in [-0.05, 0) is 26.2 Å². The number of nitrogens with zero attached hydrogens (tertiary/aromatic N) is 1. The van der Waals surface area contributed by atoms with Crippen molar-refractivity contribution in [3.8, 4) is 0 Å². The van der Waals surface area contributed by atoms with Gasteiger partial charge in [-0.1, -0.05) is 0 Å². The van der Waals surface area contributed by atoms with E-state index in [-0.39, 0.29) is 24.7 Å². The molecule has 0 aromatic heterocycles. The highest BCUT2D eigenvalue weighted by Gasteiger charge is 2.50. The summed E-state index contributed by atoms with van der Waals surface area (Å²) in [6.45, 7) is 2.83. The van der Waals surface area contributed by atoms with Gasteiger partial charge in [0.05, 0.1) is 17.6 Å². The Morgan fingerprint density at radius 3 is 2.61 bits per heavy atom. The van der Waals surface area contributed by atoms with Crippen molar-refractivity contribution >= 4 is 12.0 Å². The summed E-state index contributed by atoms with van der Waals surface area (Å²) in [4.78, 5) is 24.5. The molecular formula is C12H20N2O4. The number of amides is 2. The van der Waals surface area contributed by atoms with Gasteiger partial charge in [-0.25, -0.2) is 4.79 Å². The normalized spacial score (nSPS) is 28.8. The van der Waals surface area contributed by atoms with Crippen LogP contribution in [0.15, 0.2) is 0 Å². The molecule has 1 aliphatic heterocycles. The second-order valence-corrected chi connectivity index (χ2v) is 5.29. The van der Waals surface area contributed by atoms with Gasteiger partial charge in [-0.15, -0.1) is 0 Å². The van der Waals surface area contributed by atoms with Gasteiger partial charge in [0.2, 0.25) is 0 Å². The summed E-state index contributed by atoms with van der Waals surface area (Å²) < 4.78 is 5.42. The van der Waals surface area contributed by atoms with Crippen LogP contribution in [0.3, 0.4) is 0 Å². The molecule has 1 saturated heterocycles. The fourth-order valence-corrected chi connectivity index (χ4v) is 2.37. The maximum absolute atomic E-state index is 11.9. The number of rotatable bonds is 4. The van der Waals surface area contributed by atoms with E-state index >= 15 is 0 Å². The molecular weight excluding hydrogens is 236 g/mol. The number of hydrogen-bond acceptors (Lipinski definition) is 3. The van der Waals surface area contributed by atoms with Crippen LogP contribution in [0.5, 0.6) is 0 Å². The first-order valence-corrected chi connectivity index (χ1v) is 6.32. The zero-order valence-electron chi connectivity index (χ0n) is 10.8. The summed E-state index contributed by atoms with van der Waals surface area (Å²) in [5.41, 5.74) is -0.714. The fourth-order valence-electron chi connectivity index (χ4n) is 2.37. The first-order chi connectivity index (χ1) is 8.46. The van der Waals surface area contributed by atoms with E-state index in [0.29, 0.717) is 19.4 Å². The standard InChI is InChI=1S/C12H20N2O4/c1-8-9(3-6-18-8)14(2)11(17)13-7-12(4-5-12)10(15)16/h8-9H,3-7H2,1-2H3,(H,13,17)(H,15,16). The van der Waals surface area contributed by atoms with Crippen molar-refractivity contribution in [1.29, 1.82) is 0 Å². The van der Waals surface area contributed by atoms with Crippen molar-refractivity contribution in [2.24, 2.45) is 5.41 Å². The summed E-state index contributed by atoms with van der Waals surface area (Å²) in [5.74, 6) is -0.817. The molecule has 6 heteroatoms. The molecule has 2 amide bonds. The maximum Gasteiger partial charge on any atom is 0.317 e. The molecule has 0 bridgehead atoms. The molecule has 1 aliphatic carbocycles. The van der Waals surface area contributed by atoms with Crippen molar-refractivity contribution < 1.29 is 19.4 Å². The first-order valence-electron chi connectivity index (χ1n) is 6.32. The van der Waals surface area contributed by atoms with Crippen molar-refractivity contribution in [2.75, 3.05) is 20.2 Å². The van der Waals surface area contributed by atoms with Gasteiger partial charge >= 0.3 is 12.0 Å². The third-order valence-corrected chi connectivity index (χ3v) is 4.04. The molecule has 0 aromatic carbocycles. The highest BCUT2D eigenvalue weighted by molar-refractivity contribution is 5.80. The summed E-state index contributed by atoms with van der Waals surface area (Å²) in [5, 5.41) is 11.7. The van der Waals surface area contributed by atoms with Gasteiger partial charge in [-0.2, -0.15) is 0 Å². The number of carboxylic acid groups (broad SMARTS) is 1. The zero-order chi connectivity index (χ0) is 13.3. The molecule has 102 valence electrons. The predicted molar refractivity (Wildman–Crippen MR) is 64.3 cm³/mol. The number of nitrogens with one attached hydrogen (secondary N) is 1. The minimum absolute atomic E-state index is 0.0371. The molecule has 2 rings (SSSR count). The number of carboxylic acids is 1. The van der Waals surface area contributed by atoms with Crippen LogP contribution in [0.2, 0.25) is 0 Å². The molecule has 1 saturated carbocycles. The number of urea groups is 1. The lowest BCUT2D eigenvalue weighted by molar-refractivity contribution is -0.143. The van der Waals surface area contributed by atoms with E-state index in [0.717, 1.165) is 6.42 Å². The highest BCUT2D eigenvalue weighted by atomic mass is 16.5. The Labute approximate surface area is 106 Å². The molecule has 2 fully saturated rings. The fraction of sp³-hybridized carbons (Fsp3) is 0.833. The van der Waals surface area contributed by atoms with Crippen LogP contribution >= 0.6 is 0 Å². The molecule has 2 unspecified atom stereocenters. The number of aliphatic carboxylic acids is 1. The number of likely N-dealkylation sites (N-methyl/N-ethyl adjacent to an activating group) is 1. The minimum Gasteiger partial charge on any atom is -0.481 e. The van der Waals surface area contributed by atoms with Gasteiger partial charge in [0.25, 0.3) is 0 Å². The van der Waals surface area contributed by atoms with Crippen LogP contribution in [0.25, 0.3) is 0 Å². The van der Waals surface area contributed by atoms with Crippen LogP contribution < -0.4 is 5.32 Å². The van der Waals surface area contributed by atoms with Crippen LogP contribution in [0.1, 0.15) is 26.2 Å². The van der Waals surface area contributed by atoms with Gasteiger partial charge in [-0.3, -0.25) is 4.79 Å². The molecule has 18 heavy (non-hydrogen) atoms. The maximum atomic E-state index is 11.9. The van der Waals surface area contributed by atoms with E-state index in [1.165, 1.54) is 0 Å². The van der Waals surface area contributed by atoms with Crippen LogP contribution in [0, 0.1) is 5.41 Å². The molecule has 2 atom stereocenters. The van der Waals surface area contributed by atoms with E-state index in [9.17, 15) is 9.59 Å². The predicted octanol–water partition coefficient (Wildman–Crippen LogP) is 0.670. The number of ether oxygens (including phenoxy) is 1. The van der Waals surface area contributed by atoms with E-state index in [2.05, 4.69) is 5.32 Å². The smallest absolute Gasteiger partial charge is 0.317 e. The minimum atomic E-state index is -0.817. The largest absolute Gasteiger partial charge is 0.481 e. The number of carbonyl (C=O) groups excluding carboxylic acids is 1. The van der Waals surface area contributed by atoms with E-state index in [1.807, 2.05) is 6.92 Å². The summed E-state index contributed by atoms with van der Waals surface area (Å²) in [6, 6.07) is -0.144. The molecule has 0 spiro atoms. The third kappa shape index (κ3) is 2.43. The summed E-state index contributed by atoms with van der Waals surface area (Å²) in [7, 11) is 1.73. The average molecular weight is 256 g/mol. The lowest BCUT2D eigenvalue weighted by atomic mass is 10.1. The third-order valence-electron chi connectivity index (χ3n) is 4.04. The quantitative estimate of drug-likeness (QED) is 0.775. The number of hydrogen-bond donors (Lipinski definition) is 2. The van der Waals surface area contributed by atoms with Gasteiger partial charge in [0.15, 0.2) is 0 Å². The Morgan fingerprint density at radius 2 is 2.17 bits per heavy atom. The van der Waals surface area contributed by atoms with Crippen LogP contribution in [-0.4, -0.2) is 54.4 Å². The van der Waals surface area contributed by atoms with Gasteiger partial charge < -0.3 is 20.1 Å². The lowest BCUT2D eigenvalue weighted by Gasteiger charge is -2.27. The molecule has 0 aromatic rings. The summed E-state index contributed by atoms with van der Waals surface area (Å²) in [6.07, 6.45) is 2.16. The van der Waals surface area contributed by atoms with Crippen molar-refractivity contribution in [2.45, 2.75) is 38.3 Å². The molecule has 1 heterocycles. The Bertz CT molecular complexity index is 354. The topological polar surface area (TPSA) is 78.9 Å². The van der Waals surface area contributed by atoms with Gasteiger partial charge in [0.1, 0.15) is 0 Å². The molecule has 0 radical (unpaired) electrons. The van der Waals surface area contributed by atoms with E-state index in [4.69, 9.17) is 9.84 Å². The van der Waals surface area contributed by atoms with E-state index < -0.39 is 11.4 Å². The SMILES string of the molecule is CC1OCCC1N(C)C(=O)NCC1(C(=O)O)CC1. The van der Waals surface area contributed by atoms with Crippen molar-refractivity contribution in [3.63, 3.8) is 0 Å². The van der Waals surface area contributed by atoms with Crippen molar-refractivity contribution in [1.82, 2.24) is 10.2 Å². The highest BCUT2D eigenvalue weighted by Crippen LogP contribution is 2.45. The Morgan fingerprint density at radius 1 is 1.50 bits per heavy atom. The second kappa shape index (κ2) is 4.76. The molecule has 6 nitrogen and oxygen atoms in total. The number of carbonyl (C=O) groups is 2. The Hall–Kier alpha value is -1.30. The second-order valence-electron chi connectivity index (χ2n) is 5.29. The monoisotopic (exact) mass is 256 g/mol. The van der Waals surface area contributed by atoms with E-state index in [1.54, 1.807) is 11.9 Å².